The Balaban J connectivity index is 1.99. The quantitative estimate of drug-likeness (QED) is 0.585. The Kier molecular flexibility index (Phi) is 4.98. The number of ether oxygens (including phenoxy) is 2. The number of amides is 2. The van der Waals surface area contributed by atoms with Gasteiger partial charge in [-0.1, -0.05) is 17.6 Å². The fourth-order valence-electron chi connectivity index (χ4n) is 3.04. The molecule has 0 saturated carbocycles. The molecule has 0 radical (unpaired) electrons. The van der Waals surface area contributed by atoms with Gasteiger partial charge in [0.2, 0.25) is 0 Å². The summed E-state index contributed by atoms with van der Waals surface area (Å²) in [5.41, 5.74) is 1.51. The SMILES string of the molecule is Bc1cc(OCC)c(OCC)c(F)c1CN1C(=O)c2ccccc2C1=O. The number of carbonyl (C=O) groups excluding carboxylic acids is 2. The summed E-state index contributed by atoms with van der Waals surface area (Å²) in [6.45, 7) is 4.04. The van der Waals surface area contributed by atoms with Crippen molar-refractivity contribution in [1.82, 2.24) is 4.90 Å². The number of fused-ring (bicyclic) bond motifs is 1. The second-order valence-electron chi connectivity index (χ2n) is 5.92. The summed E-state index contributed by atoms with van der Waals surface area (Å²) in [4.78, 5) is 26.1. The van der Waals surface area contributed by atoms with Crippen LogP contribution in [-0.4, -0.2) is 37.8 Å². The molecule has 0 saturated heterocycles. The lowest BCUT2D eigenvalue weighted by Crippen LogP contribution is -2.32. The predicted molar refractivity (Wildman–Crippen MR) is 97.6 cm³/mol. The Morgan fingerprint density at radius 2 is 1.62 bits per heavy atom. The Morgan fingerprint density at radius 3 is 2.15 bits per heavy atom. The van der Waals surface area contributed by atoms with Gasteiger partial charge in [-0.3, -0.25) is 14.5 Å². The van der Waals surface area contributed by atoms with Crippen molar-refractivity contribution >= 4 is 25.1 Å². The summed E-state index contributed by atoms with van der Waals surface area (Å²) < 4.78 is 26.0. The third kappa shape index (κ3) is 2.94. The topological polar surface area (TPSA) is 55.8 Å². The molecule has 134 valence electrons. The number of benzene rings is 2. The van der Waals surface area contributed by atoms with Gasteiger partial charge < -0.3 is 9.47 Å². The van der Waals surface area contributed by atoms with E-state index in [2.05, 4.69) is 0 Å². The summed E-state index contributed by atoms with van der Waals surface area (Å²) in [5, 5.41) is 0. The molecule has 1 aliphatic rings. The predicted octanol–water partition coefficient (Wildman–Crippen LogP) is 1.68. The summed E-state index contributed by atoms with van der Waals surface area (Å²) in [6.07, 6.45) is 0. The zero-order valence-electron chi connectivity index (χ0n) is 15.0. The van der Waals surface area contributed by atoms with Crippen molar-refractivity contribution in [3.05, 3.63) is 52.8 Å². The van der Waals surface area contributed by atoms with Crippen LogP contribution in [0.2, 0.25) is 0 Å². The van der Waals surface area contributed by atoms with E-state index in [0.717, 1.165) is 4.90 Å². The lowest BCUT2D eigenvalue weighted by atomic mass is 9.89. The molecule has 0 spiro atoms. The fraction of sp³-hybridized carbons (Fsp3) is 0.263. The minimum absolute atomic E-state index is 0.00607. The lowest BCUT2D eigenvalue weighted by Gasteiger charge is -2.20. The molecule has 0 unspecified atom stereocenters. The minimum Gasteiger partial charge on any atom is -0.490 e. The van der Waals surface area contributed by atoms with E-state index in [0.29, 0.717) is 28.9 Å². The van der Waals surface area contributed by atoms with Crippen LogP contribution in [0.15, 0.2) is 30.3 Å². The average Bonchev–Trinajstić information content (AvgIpc) is 2.87. The van der Waals surface area contributed by atoms with Crippen LogP contribution in [0, 0.1) is 5.82 Å². The summed E-state index contributed by atoms with van der Waals surface area (Å²) >= 11 is 0. The maximum Gasteiger partial charge on any atom is 0.261 e. The molecule has 2 amide bonds. The summed E-state index contributed by atoms with van der Waals surface area (Å²) in [6, 6.07) is 8.27. The molecule has 0 atom stereocenters. The van der Waals surface area contributed by atoms with E-state index in [1.165, 1.54) is 0 Å². The molecular formula is C19H19BFNO4. The number of carbonyl (C=O) groups is 2. The van der Waals surface area contributed by atoms with Crippen LogP contribution < -0.4 is 14.9 Å². The highest BCUT2D eigenvalue weighted by Crippen LogP contribution is 2.33. The maximum atomic E-state index is 15.1. The normalized spacial score (nSPS) is 13.1. The first-order valence-corrected chi connectivity index (χ1v) is 8.52. The highest BCUT2D eigenvalue weighted by Gasteiger charge is 2.36. The standard InChI is InChI=1S/C19H19BFNO4/c1-3-25-15-9-14(20)13(16(21)17(15)26-4-2)10-22-18(23)11-7-5-6-8-12(11)19(22)24/h5-9H,3-4,10,20H2,1-2H3. The first-order valence-electron chi connectivity index (χ1n) is 8.52. The molecule has 0 bridgehead atoms. The van der Waals surface area contributed by atoms with Crippen LogP contribution in [-0.2, 0) is 6.54 Å². The maximum absolute atomic E-state index is 15.1. The Bertz CT molecular complexity index is 849. The van der Waals surface area contributed by atoms with E-state index in [-0.39, 0.29) is 24.5 Å². The van der Waals surface area contributed by atoms with Gasteiger partial charge in [-0.2, -0.15) is 0 Å². The van der Waals surface area contributed by atoms with Gasteiger partial charge >= 0.3 is 0 Å². The Morgan fingerprint density at radius 1 is 1.04 bits per heavy atom. The van der Waals surface area contributed by atoms with Crippen molar-refractivity contribution in [2.75, 3.05) is 13.2 Å². The van der Waals surface area contributed by atoms with Crippen molar-refractivity contribution in [1.29, 1.82) is 0 Å². The van der Waals surface area contributed by atoms with E-state index in [4.69, 9.17) is 9.47 Å². The number of hydrogen-bond acceptors (Lipinski definition) is 4. The molecule has 1 heterocycles. The van der Waals surface area contributed by atoms with E-state index >= 15 is 4.39 Å². The molecule has 1 aliphatic heterocycles. The Labute approximate surface area is 152 Å². The summed E-state index contributed by atoms with van der Waals surface area (Å²) in [7, 11) is 1.72. The van der Waals surface area contributed by atoms with Crippen LogP contribution >= 0.6 is 0 Å². The zero-order valence-corrected chi connectivity index (χ0v) is 15.0. The minimum atomic E-state index is -0.605. The van der Waals surface area contributed by atoms with Gasteiger partial charge in [0, 0.05) is 5.56 Å². The molecule has 3 rings (SSSR count). The number of rotatable bonds is 6. The van der Waals surface area contributed by atoms with Crippen LogP contribution in [0.25, 0.3) is 0 Å². The van der Waals surface area contributed by atoms with Crippen LogP contribution in [0.1, 0.15) is 40.1 Å². The third-order valence-electron chi connectivity index (χ3n) is 4.29. The first-order chi connectivity index (χ1) is 12.5. The van der Waals surface area contributed by atoms with Gasteiger partial charge in [0.15, 0.2) is 17.3 Å². The fourth-order valence-corrected chi connectivity index (χ4v) is 3.04. The van der Waals surface area contributed by atoms with Crippen molar-refractivity contribution in [3.63, 3.8) is 0 Å². The van der Waals surface area contributed by atoms with Crippen LogP contribution in [0.3, 0.4) is 0 Å². The monoisotopic (exact) mass is 355 g/mol. The van der Waals surface area contributed by atoms with Gasteiger partial charge in [0.05, 0.1) is 30.9 Å². The number of hydrogen-bond donors (Lipinski definition) is 0. The molecule has 0 aromatic heterocycles. The molecule has 2 aromatic carbocycles. The highest BCUT2D eigenvalue weighted by molar-refractivity contribution is 6.33. The van der Waals surface area contributed by atoms with Crippen molar-refractivity contribution < 1.29 is 23.5 Å². The van der Waals surface area contributed by atoms with Gasteiger partial charge in [-0.25, -0.2) is 4.39 Å². The molecule has 0 N–H and O–H groups in total. The Hall–Kier alpha value is -2.83. The number of nitrogens with zero attached hydrogens (tertiary/aromatic N) is 1. The van der Waals surface area contributed by atoms with E-state index in [1.807, 2.05) is 0 Å². The molecule has 0 aliphatic carbocycles. The van der Waals surface area contributed by atoms with Crippen LogP contribution in [0.5, 0.6) is 11.5 Å². The van der Waals surface area contributed by atoms with E-state index < -0.39 is 17.6 Å². The molecule has 26 heavy (non-hydrogen) atoms. The zero-order chi connectivity index (χ0) is 18.8. The largest absolute Gasteiger partial charge is 0.490 e. The van der Waals surface area contributed by atoms with E-state index in [1.54, 1.807) is 52.0 Å². The van der Waals surface area contributed by atoms with E-state index in [9.17, 15) is 9.59 Å². The van der Waals surface area contributed by atoms with Crippen molar-refractivity contribution in [3.8, 4) is 11.5 Å². The van der Waals surface area contributed by atoms with Gasteiger partial charge in [0.1, 0.15) is 7.85 Å². The number of halogens is 1. The molecule has 2 aromatic rings. The van der Waals surface area contributed by atoms with Gasteiger partial charge in [-0.15, -0.1) is 0 Å². The van der Waals surface area contributed by atoms with Crippen molar-refractivity contribution in [2.45, 2.75) is 20.4 Å². The number of imide groups is 1. The second kappa shape index (κ2) is 7.19. The first kappa shape index (κ1) is 18.0. The average molecular weight is 355 g/mol. The molecule has 7 heteroatoms. The van der Waals surface area contributed by atoms with Gasteiger partial charge in [0.25, 0.3) is 11.8 Å². The van der Waals surface area contributed by atoms with Gasteiger partial charge in [-0.05, 0) is 32.0 Å². The third-order valence-corrected chi connectivity index (χ3v) is 4.29. The second-order valence-corrected chi connectivity index (χ2v) is 5.92. The molecular weight excluding hydrogens is 336 g/mol. The highest BCUT2D eigenvalue weighted by atomic mass is 19.1. The molecule has 0 fully saturated rings. The smallest absolute Gasteiger partial charge is 0.261 e. The molecule has 5 nitrogen and oxygen atoms in total. The van der Waals surface area contributed by atoms with Crippen molar-refractivity contribution in [2.24, 2.45) is 0 Å². The summed E-state index contributed by atoms with van der Waals surface area (Å²) in [5.74, 6) is -1.12. The lowest BCUT2D eigenvalue weighted by molar-refractivity contribution is 0.0641. The van der Waals surface area contributed by atoms with Crippen LogP contribution in [0.4, 0.5) is 4.39 Å².